The fraction of sp³-hybridized carbons (Fsp3) is 0.350. The standard InChI is InChI=1S/C20H25ClN2O3S/c1-15-6-8-17(9-7-15)5-4-12-22-20(24)14-23(27(3,25)26)19-11-10-18(21)13-16(19)2/h6-11,13H,4-5,12,14H2,1-3H3,(H,22,24). The Balaban J connectivity index is 1.93. The molecule has 2 rings (SSSR count). The van der Waals surface area contributed by atoms with Crippen LogP contribution in [0.2, 0.25) is 5.02 Å². The lowest BCUT2D eigenvalue weighted by Gasteiger charge is -2.23. The van der Waals surface area contributed by atoms with Crippen molar-refractivity contribution in [2.24, 2.45) is 0 Å². The molecule has 0 radical (unpaired) electrons. The van der Waals surface area contributed by atoms with E-state index >= 15 is 0 Å². The molecule has 5 nitrogen and oxygen atoms in total. The summed E-state index contributed by atoms with van der Waals surface area (Å²) in [5.74, 6) is -0.335. The van der Waals surface area contributed by atoms with Gasteiger partial charge in [-0.25, -0.2) is 8.42 Å². The minimum atomic E-state index is -3.60. The lowest BCUT2D eigenvalue weighted by Crippen LogP contribution is -2.41. The summed E-state index contributed by atoms with van der Waals surface area (Å²) >= 11 is 5.94. The molecule has 0 aromatic heterocycles. The van der Waals surface area contributed by atoms with Crippen LogP contribution >= 0.6 is 11.6 Å². The van der Waals surface area contributed by atoms with Gasteiger partial charge in [0.1, 0.15) is 6.54 Å². The number of nitrogens with one attached hydrogen (secondary N) is 1. The van der Waals surface area contributed by atoms with Crippen LogP contribution in [0.15, 0.2) is 42.5 Å². The van der Waals surface area contributed by atoms with Gasteiger partial charge in [0.2, 0.25) is 15.9 Å². The third-order valence-electron chi connectivity index (χ3n) is 4.20. The van der Waals surface area contributed by atoms with E-state index in [0.717, 1.165) is 23.4 Å². The molecular weight excluding hydrogens is 384 g/mol. The molecule has 0 heterocycles. The van der Waals surface area contributed by atoms with Crippen molar-refractivity contribution in [3.8, 4) is 0 Å². The Morgan fingerprint density at radius 1 is 1.11 bits per heavy atom. The summed E-state index contributed by atoms with van der Waals surface area (Å²) in [5.41, 5.74) is 3.58. The van der Waals surface area contributed by atoms with Crippen molar-refractivity contribution in [3.05, 3.63) is 64.2 Å². The molecule has 146 valence electrons. The predicted octanol–water partition coefficient (Wildman–Crippen LogP) is 3.47. The second-order valence-electron chi connectivity index (χ2n) is 6.64. The fourth-order valence-electron chi connectivity index (χ4n) is 2.74. The lowest BCUT2D eigenvalue weighted by atomic mass is 10.1. The van der Waals surface area contributed by atoms with Crippen molar-refractivity contribution >= 4 is 33.2 Å². The molecule has 0 aliphatic heterocycles. The van der Waals surface area contributed by atoms with Crippen LogP contribution in [0.5, 0.6) is 0 Å². The van der Waals surface area contributed by atoms with Gasteiger partial charge < -0.3 is 5.32 Å². The van der Waals surface area contributed by atoms with Crippen molar-refractivity contribution in [1.82, 2.24) is 5.32 Å². The van der Waals surface area contributed by atoms with E-state index in [1.807, 2.05) is 6.92 Å². The third kappa shape index (κ3) is 6.56. The number of sulfonamides is 1. The van der Waals surface area contributed by atoms with Crippen LogP contribution in [0.1, 0.15) is 23.1 Å². The van der Waals surface area contributed by atoms with E-state index in [4.69, 9.17) is 11.6 Å². The molecule has 0 atom stereocenters. The summed E-state index contributed by atoms with van der Waals surface area (Å²) in [6.45, 7) is 4.04. The minimum Gasteiger partial charge on any atom is -0.355 e. The molecule has 2 aromatic rings. The van der Waals surface area contributed by atoms with Gasteiger partial charge in [0.25, 0.3) is 0 Å². The van der Waals surface area contributed by atoms with Crippen LogP contribution in [-0.2, 0) is 21.2 Å². The first kappa shape index (κ1) is 21.3. The quantitative estimate of drug-likeness (QED) is 0.680. The Hall–Kier alpha value is -2.05. The molecule has 1 N–H and O–H groups in total. The number of nitrogens with zero attached hydrogens (tertiary/aromatic N) is 1. The Morgan fingerprint density at radius 3 is 2.37 bits per heavy atom. The number of hydrogen-bond donors (Lipinski definition) is 1. The minimum absolute atomic E-state index is 0.258. The molecule has 1 amide bonds. The maximum absolute atomic E-state index is 12.3. The summed E-state index contributed by atoms with van der Waals surface area (Å²) < 4.78 is 25.4. The smallest absolute Gasteiger partial charge is 0.240 e. The van der Waals surface area contributed by atoms with Crippen LogP contribution < -0.4 is 9.62 Å². The topological polar surface area (TPSA) is 66.5 Å². The highest BCUT2D eigenvalue weighted by Crippen LogP contribution is 2.25. The molecule has 27 heavy (non-hydrogen) atoms. The largest absolute Gasteiger partial charge is 0.355 e. The number of amides is 1. The van der Waals surface area contributed by atoms with Gasteiger partial charge in [0, 0.05) is 11.6 Å². The maximum Gasteiger partial charge on any atom is 0.240 e. The molecule has 0 aliphatic rings. The van der Waals surface area contributed by atoms with Crippen LogP contribution in [0, 0.1) is 13.8 Å². The van der Waals surface area contributed by atoms with Crippen molar-refractivity contribution in [1.29, 1.82) is 0 Å². The summed E-state index contributed by atoms with van der Waals surface area (Å²) in [4.78, 5) is 12.3. The molecule has 0 aliphatic carbocycles. The van der Waals surface area contributed by atoms with Gasteiger partial charge in [0.05, 0.1) is 11.9 Å². The first-order chi connectivity index (χ1) is 12.7. The van der Waals surface area contributed by atoms with Crippen molar-refractivity contribution in [2.75, 3.05) is 23.7 Å². The van der Waals surface area contributed by atoms with E-state index in [9.17, 15) is 13.2 Å². The Bertz CT molecular complexity index is 896. The number of rotatable bonds is 8. The Morgan fingerprint density at radius 2 is 1.78 bits per heavy atom. The maximum atomic E-state index is 12.3. The zero-order valence-corrected chi connectivity index (χ0v) is 17.4. The Labute approximate surface area is 166 Å². The number of halogens is 1. The number of carbonyl (C=O) groups is 1. The SMILES string of the molecule is Cc1ccc(CCCNC(=O)CN(c2ccc(Cl)cc2C)S(C)(=O)=O)cc1. The summed E-state index contributed by atoms with van der Waals surface area (Å²) in [6, 6.07) is 13.2. The van der Waals surface area contributed by atoms with Crippen molar-refractivity contribution in [3.63, 3.8) is 0 Å². The predicted molar refractivity (Wildman–Crippen MR) is 111 cm³/mol. The average molecular weight is 409 g/mol. The molecule has 7 heteroatoms. The van der Waals surface area contributed by atoms with Crippen LogP contribution in [-0.4, -0.2) is 33.7 Å². The van der Waals surface area contributed by atoms with Gasteiger partial charge in [0.15, 0.2) is 0 Å². The molecule has 0 spiro atoms. The van der Waals surface area contributed by atoms with Crippen molar-refractivity contribution < 1.29 is 13.2 Å². The summed E-state index contributed by atoms with van der Waals surface area (Å²) in [7, 11) is -3.60. The second-order valence-corrected chi connectivity index (χ2v) is 8.98. The number of hydrogen-bond acceptors (Lipinski definition) is 3. The van der Waals surface area contributed by atoms with Gasteiger partial charge in [-0.15, -0.1) is 0 Å². The lowest BCUT2D eigenvalue weighted by molar-refractivity contribution is -0.119. The number of anilines is 1. The number of aryl methyl sites for hydroxylation is 3. The van der Waals surface area contributed by atoms with Gasteiger partial charge in [-0.2, -0.15) is 0 Å². The van der Waals surface area contributed by atoms with Crippen LogP contribution in [0.25, 0.3) is 0 Å². The Kier molecular flexibility index (Phi) is 7.27. The van der Waals surface area contributed by atoms with Crippen LogP contribution in [0.4, 0.5) is 5.69 Å². The van der Waals surface area contributed by atoms with E-state index in [2.05, 4.69) is 29.6 Å². The molecule has 0 unspecified atom stereocenters. The highest BCUT2D eigenvalue weighted by atomic mass is 35.5. The average Bonchev–Trinajstić information content (AvgIpc) is 2.58. The monoisotopic (exact) mass is 408 g/mol. The van der Waals surface area contributed by atoms with E-state index < -0.39 is 10.0 Å². The molecule has 0 bridgehead atoms. The van der Waals surface area contributed by atoms with Gasteiger partial charge in [-0.1, -0.05) is 41.4 Å². The molecule has 0 saturated heterocycles. The van der Waals surface area contributed by atoms with E-state index in [1.165, 1.54) is 11.1 Å². The first-order valence-corrected chi connectivity index (χ1v) is 11.0. The number of carbonyl (C=O) groups excluding carboxylic acids is 1. The highest BCUT2D eigenvalue weighted by Gasteiger charge is 2.22. The zero-order chi connectivity index (χ0) is 20.0. The molecule has 2 aromatic carbocycles. The fourth-order valence-corrected chi connectivity index (χ4v) is 3.88. The normalized spacial score (nSPS) is 11.3. The first-order valence-electron chi connectivity index (χ1n) is 8.73. The van der Waals surface area contributed by atoms with E-state index in [0.29, 0.717) is 22.8 Å². The number of benzene rings is 2. The van der Waals surface area contributed by atoms with E-state index in [-0.39, 0.29) is 12.5 Å². The summed E-state index contributed by atoms with van der Waals surface area (Å²) in [5, 5.41) is 3.32. The highest BCUT2D eigenvalue weighted by molar-refractivity contribution is 7.92. The van der Waals surface area contributed by atoms with Crippen molar-refractivity contribution in [2.45, 2.75) is 26.7 Å². The second kappa shape index (κ2) is 9.24. The molecular formula is C20H25ClN2O3S. The summed E-state index contributed by atoms with van der Waals surface area (Å²) in [6.07, 6.45) is 2.73. The van der Waals surface area contributed by atoms with Gasteiger partial charge >= 0.3 is 0 Å². The molecule has 0 saturated carbocycles. The third-order valence-corrected chi connectivity index (χ3v) is 5.56. The van der Waals surface area contributed by atoms with E-state index in [1.54, 1.807) is 25.1 Å². The van der Waals surface area contributed by atoms with Crippen LogP contribution in [0.3, 0.4) is 0 Å². The van der Waals surface area contributed by atoms with Gasteiger partial charge in [-0.05, 0) is 56.0 Å². The van der Waals surface area contributed by atoms with Gasteiger partial charge in [-0.3, -0.25) is 9.10 Å². The zero-order valence-electron chi connectivity index (χ0n) is 15.8. The molecule has 0 fully saturated rings.